The van der Waals surface area contributed by atoms with Crippen molar-refractivity contribution in [1.82, 2.24) is 14.9 Å². The molecule has 1 aliphatic rings. The third-order valence-corrected chi connectivity index (χ3v) is 5.48. The van der Waals surface area contributed by atoms with Gasteiger partial charge in [-0.3, -0.25) is 0 Å². The average molecular weight is 413 g/mol. The van der Waals surface area contributed by atoms with Gasteiger partial charge in [-0.2, -0.15) is 0 Å². The maximum atomic E-state index is 6.19. The normalized spacial score (nSPS) is 14.4. The van der Waals surface area contributed by atoms with Crippen molar-refractivity contribution >= 4 is 51.6 Å². The van der Waals surface area contributed by atoms with Crippen molar-refractivity contribution in [2.75, 3.05) is 31.1 Å². The van der Waals surface area contributed by atoms with E-state index in [2.05, 4.69) is 57.4 Å². The molecule has 2 aromatic carbocycles. The molecule has 0 atom stereocenters. The summed E-state index contributed by atoms with van der Waals surface area (Å²) in [4.78, 5) is 7.42. The number of nitrogens with zero attached hydrogens (tertiary/aromatic N) is 3. The molecule has 0 unspecified atom stereocenters. The Kier molecular flexibility index (Phi) is 5.44. The lowest BCUT2D eigenvalue weighted by molar-refractivity contribution is 0.587. The third kappa shape index (κ3) is 3.44. The Morgan fingerprint density at radius 1 is 0.964 bits per heavy atom. The number of halogens is 2. The molecule has 3 heterocycles. The predicted molar refractivity (Wildman–Crippen MR) is 120 cm³/mol. The minimum absolute atomic E-state index is 0. The number of para-hydroxylation sites is 1. The number of anilines is 1. The first-order chi connectivity index (χ1) is 13.3. The van der Waals surface area contributed by atoms with E-state index in [1.165, 1.54) is 21.9 Å². The summed E-state index contributed by atoms with van der Waals surface area (Å²) in [6.07, 6.45) is 2.17. The molecule has 4 nitrogen and oxygen atoms in total. The Bertz CT molecular complexity index is 1120. The van der Waals surface area contributed by atoms with Gasteiger partial charge in [0.25, 0.3) is 0 Å². The van der Waals surface area contributed by atoms with E-state index in [0.29, 0.717) is 0 Å². The second kappa shape index (κ2) is 8.00. The van der Waals surface area contributed by atoms with E-state index in [-0.39, 0.29) is 12.4 Å². The van der Waals surface area contributed by atoms with Crippen molar-refractivity contribution < 1.29 is 0 Å². The van der Waals surface area contributed by atoms with Crippen LogP contribution in [0.1, 0.15) is 5.56 Å². The molecule has 0 amide bonds. The number of pyridine rings is 1. The van der Waals surface area contributed by atoms with Gasteiger partial charge in [0.05, 0.1) is 11.0 Å². The molecule has 1 N–H and O–H groups in total. The first-order valence-electron chi connectivity index (χ1n) is 9.37. The van der Waals surface area contributed by atoms with Gasteiger partial charge in [-0.15, -0.1) is 12.4 Å². The Morgan fingerprint density at radius 3 is 2.61 bits per heavy atom. The van der Waals surface area contributed by atoms with Crippen LogP contribution in [0.2, 0.25) is 5.02 Å². The van der Waals surface area contributed by atoms with E-state index in [1.807, 2.05) is 18.2 Å². The molecule has 0 aliphatic carbocycles. The fourth-order valence-electron chi connectivity index (χ4n) is 3.98. The van der Waals surface area contributed by atoms with Crippen LogP contribution in [-0.2, 0) is 6.54 Å². The molecule has 1 aliphatic heterocycles. The highest BCUT2D eigenvalue weighted by molar-refractivity contribution is 6.30. The fraction of sp³-hybridized carbons (Fsp3) is 0.227. The molecule has 144 valence electrons. The molecule has 0 spiro atoms. The molecule has 5 rings (SSSR count). The smallest absolute Gasteiger partial charge is 0.138 e. The number of hydrogen-bond acceptors (Lipinski definition) is 3. The van der Waals surface area contributed by atoms with Gasteiger partial charge in [-0.05, 0) is 29.8 Å². The van der Waals surface area contributed by atoms with Crippen LogP contribution >= 0.6 is 24.0 Å². The highest BCUT2D eigenvalue weighted by Crippen LogP contribution is 2.33. The lowest BCUT2D eigenvalue weighted by Gasteiger charge is -2.29. The number of fused-ring (bicyclic) bond motifs is 3. The molecule has 28 heavy (non-hydrogen) atoms. The lowest BCUT2D eigenvalue weighted by atomic mass is 10.1. The zero-order chi connectivity index (χ0) is 18.2. The van der Waals surface area contributed by atoms with Gasteiger partial charge in [0, 0.05) is 54.7 Å². The summed E-state index contributed by atoms with van der Waals surface area (Å²) in [5.41, 5.74) is 3.49. The highest BCUT2D eigenvalue weighted by atomic mass is 35.5. The summed E-state index contributed by atoms with van der Waals surface area (Å²) in [5.74, 6) is 1.09. The molecule has 0 saturated carbocycles. The van der Waals surface area contributed by atoms with E-state index in [0.717, 1.165) is 49.1 Å². The van der Waals surface area contributed by atoms with Crippen LogP contribution in [-0.4, -0.2) is 35.7 Å². The van der Waals surface area contributed by atoms with Gasteiger partial charge in [-0.25, -0.2) is 4.98 Å². The minimum Gasteiger partial charge on any atom is -0.353 e. The maximum absolute atomic E-state index is 6.19. The number of rotatable bonds is 3. The molecule has 0 bridgehead atoms. The molecule has 6 heteroatoms. The quantitative estimate of drug-likeness (QED) is 0.528. The van der Waals surface area contributed by atoms with Gasteiger partial charge in [0.15, 0.2) is 0 Å². The minimum atomic E-state index is 0. The summed E-state index contributed by atoms with van der Waals surface area (Å²) in [6.45, 7) is 4.76. The molecule has 4 aromatic rings. The number of aromatic nitrogens is 2. The SMILES string of the molecule is Cl.Clc1cccc(Cn2ccc3c(N4CCNCC4)nc4ccccc4c32)c1. The Morgan fingerprint density at radius 2 is 1.79 bits per heavy atom. The monoisotopic (exact) mass is 412 g/mol. The second-order valence-corrected chi connectivity index (χ2v) is 7.46. The first-order valence-corrected chi connectivity index (χ1v) is 9.75. The van der Waals surface area contributed by atoms with Crippen LogP contribution < -0.4 is 10.2 Å². The van der Waals surface area contributed by atoms with E-state index < -0.39 is 0 Å². The van der Waals surface area contributed by atoms with Crippen LogP contribution in [0.15, 0.2) is 60.8 Å². The molecule has 1 fully saturated rings. The number of nitrogens with one attached hydrogen (secondary N) is 1. The van der Waals surface area contributed by atoms with Crippen LogP contribution in [0.4, 0.5) is 5.82 Å². The van der Waals surface area contributed by atoms with E-state index >= 15 is 0 Å². The Balaban J connectivity index is 0.00000192. The van der Waals surface area contributed by atoms with Gasteiger partial charge in [0.2, 0.25) is 0 Å². The summed E-state index contributed by atoms with van der Waals surface area (Å²) in [6, 6.07) is 18.7. The zero-order valence-electron chi connectivity index (χ0n) is 15.4. The van der Waals surface area contributed by atoms with Crippen LogP contribution in [0.5, 0.6) is 0 Å². The molecule has 2 aromatic heterocycles. The van der Waals surface area contributed by atoms with Crippen molar-refractivity contribution in [2.45, 2.75) is 6.54 Å². The topological polar surface area (TPSA) is 33.1 Å². The van der Waals surface area contributed by atoms with Crippen molar-refractivity contribution in [1.29, 1.82) is 0 Å². The lowest BCUT2D eigenvalue weighted by Crippen LogP contribution is -2.44. The Labute approximate surface area is 175 Å². The number of hydrogen-bond donors (Lipinski definition) is 1. The molecule has 1 saturated heterocycles. The van der Waals surface area contributed by atoms with Crippen molar-refractivity contribution in [3.63, 3.8) is 0 Å². The Hall–Kier alpha value is -2.27. The zero-order valence-corrected chi connectivity index (χ0v) is 17.0. The number of piperazine rings is 1. The second-order valence-electron chi connectivity index (χ2n) is 7.03. The maximum Gasteiger partial charge on any atom is 0.138 e. The summed E-state index contributed by atoms with van der Waals surface area (Å²) in [5, 5.41) is 6.61. The molecular weight excluding hydrogens is 391 g/mol. The standard InChI is InChI=1S/C22H21ClN4.ClH/c23-17-5-3-4-16(14-17)15-27-11-8-19-21(27)18-6-1-2-7-20(18)25-22(19)26-12-9-24-10-13-26;/h1-8,11,14,24H,9-10,12-13,15H2;1H. The predicted octanol–water partition coefficient (Wildman–Crippen LogP) is 4.72. The molecule has 0 radical (unpaired) electrons. The van der Waals surface area contributed by atoms with Gasteiger partial charge >= 0.3 is 0 Å². The largest absolute Gasteiger partial charge is 0.353 e. The number of benzene rings is 2. The highest BCUT2D eigenvalue weighted by Gasteiger charge is 2.19. The molecular formula is C22H22Cl2N4. The first kappa shape index (κ1) is 19.1. The third-order valence-electron chi connectivity index (χ3n) is 5.25. The van der Waals surface area contributed by atoms with Gasteiger partial charge < -0.3 is 14.8 Å². The van der Waals surface area contributed by atoms with E-state index in [4.69, 9.17) is 16.6 Å². The van der Waals surface area contributed by atoms with Gasteiger partial charge in [0.1, 0.15) is 5.82 Å². The van der Waals surface area contributed by atoms with Crippen LogP contribution in [0.25, 0.3) is 21.8 Å². The van der Waals surface area contributed by atoms with E-state index in [9.17, 15) is 0 Å². The summed E-state index contributed by atoms with van der Waals surface area (Å²) >= 11 is 6.19. The average Bonchev–Trinajstić information content (AvgIpc) is 3.12. The fourth-order valence-corrected chi connectivity index (χ4v) is 4.19. The summed E-state index contributed by atoms with van der Waals surface area (Å²) < 4.78 is 2.32. The summed E-state index contributed by atoms with van der Waals surface area (Å²) in [7, 11) is 0. The van der Waals surface area contributed by atoms with Crippen LogP contribution in [0, 0.1) is 0 Å². The van der Waals surface area contributed by atoms with Crippen molar-refractivity contribution in [3.8, 4) is 0 Å². The van der Waals surface area contributed by atoms with Crippen molar-refractivity contribution in [2.24, 2.45) is 0 Å². The van der Waals surface area contributed by atoms with Crippen molar-refractivity contribution in [3.05, 3.63) is 71.4 Å². The van der Waals surface area contributed by atoms with Gasteiger partial charge in [-0.1, -0.05) is 41.9 Å². The van der Waals surface area contributed by atoms with Crippen LogP contribution in [0.3, 0.4) is 0 Å². The van der Waals surface area contributed by atoms with E-state index in [1.54, 1.807) is 0 Å².